The lowest BCUT2D eigenvalue weighted by atomic mass is 9.76. The van der Waals surface area contributed by atoms with Crippen molar-refractivity contribution in [1.82, 2.24) is 9.97 Å². The fourth-order valence-electron chi connectivity index (χ4n) is 4.43. The van der Waals surface area contributed by atoms with Crippen molar-refractivity contribution in [3.05, 3.63) is 70.0 Å². The van der Waals surface area contributed by atoms with Gasteiger partial charge in [0.05, 0.1) is 24.8 Å². The van der Waals surface area contributed by atoms with E-state index in [1.54, 1.807) is 13.0 Å². The van der Waals surface area contributed by atoms with Gasteiger partial charge in [0.25, 0.3) is 5.56 Å². The number of rotatable bonds is 5. The molecule has 0 amide bonds. The zero-order valence-corrected chi connectivity index (χ0v) is 18.1. The second-order valence-electron chi connectivity index (χ2n) is 8.09. The van der Waals surface area contributed by atoms with E-state index in [0.29, 0.717) is 17.0 Å². The maximum absolute atomic E-state index is 13.2. The molecule has 1 fully saturated rings. The van der Waals surface area contributed by atoms with Gasteiger partial charge in [0.2, 0.25) is 5.88 Å². The van der Waals surface area contributed by atoms with Gasteiger partial charge in [-0.25, -0.2) is 9.78 Å². The summed E-state index contributed by atoms with van der Waals surface area (Å²) in [6, 6.07) is 15.4. The number of fused-ring (bicyclic) bond motifs is 2. The molecule has 2 aromatic heterocycles. The van der Waals surface area contributed by atoms with E-state index >= 15 is 0 Å². The quantitative estimate of drug-likeness (QED) is 0.442. The molecule has 2 heterocycles. The van der Waals surface area contributed by atoms with E-state index in [-0.39, 0.29) is 23.6 Å². The number of H-pyrrole nitrogens is 1. The zero-order valence-electron chi connectivity index (χ0n) is 18.1. The van der Waals surface area contributed by atoms with E-state index in [4.69, 9.17) is 14.5 Å². The highest BCUT2D eigenvalue weighted by atomic mass is 16.5. The average molecular weight is 428 g/mol. The van der Waals surface area contributed by atoms with Crippen LogP contribution in [0.25, 0.3) is 32.9 Å². The van der Waals surface area contributed by atoms with Crippen LogP contribution in [0.1, 0.15) is 48.0 Å². The summed E-state index contributed by atoms with van der Waals surface area (Å²) in [6.07, 6.45) is 3.35. The predicted octanol–water partition coefficient (Wildman–Crippen LogP) is 5.20. The number of benzene rings is 2. The van der Waals surface area contributed by atoms with Gasteiger partial charge >= 0.3 is 5.97 Å². The first-order valence-electron chi connectivity index (χ1n) is 10.9. The van der Waals surface area contributed by atoms with Crippen LogP contribution < -0.4 is 10.3 Å². The number of carbonyl (C=O) groups excluding carboxylic acids is 1. The van der Waals surface area contributed by atoms with Crippen molar-refractivity contribution in [1.29, 1.82) is 0 Å². The van der Waals surface area contributed by atoms with Crippen molar-refractivity contribution in [2.75, 3.05) is 13.7 Å². The fraction of sp³-hybridized carbons (Fsp3) is 0.269. The number of hydrogen-bond donors (Lipinski definition) is 1. The van der Waals surface area contributed by atoms with Crippen LogP contribution in [0.3, 0.4) is 0 Å². The lowest BCUT2D eigenvalue weighted by molar-refractivity contribution is 0.0522. The second-order valence-corrected chi connectivity index (χ2v) is 8.09. The first kappa shape index (κ1) is 20.2. The lowest BCUT2D eigenvalue weighted by Gasteiger charge is -2.28. The van der Waals surface area contributed by atoms with Gasteiger partial charge in [0.15, 0.2) is 0 Å². The molecule has 0 aliphatic heterocycles. The van der Waals surface area contributed by atoms with Crippen LogP contribution in [-0.4, -0.2) is 29.7 Å². The molecule has 1 saturated carbocycles. The standard InChI is InChI=1S/C26H24N2O4/c1-3-32-26(30)20-14-17-11-12-18(15-8-6-9-15)22(23(17)28-25(20)31-2)19-13-16-7-4-5-10-21(16)27-24(19)29/h4-5,7,10-15H,3,6,8-9H2,1-2H3,(H,27,29). The van der Waals surface area contributed by atoms with Crippen molar-refractivity contribution in [2.45, 2.75) is 32.1 Å². The Balaban J connectivity index is 1.82. The van der Waals surface area contributed by atoms with Gasteiger partial charge in [-0.05, 0) is 54.8 Å². The number of aromatic amines is 1. The molecular formula is C26H24N2O4. The van der Waals surface area contributed by atoms with E-state index < -0.39 is 5.97 Å². The SMILES string of the molecule is CCOC(=O)c1cc2ccc(C3CCC3)c(-c3cc4ccccc4[nH]c3=O)c2nc1OC. The van der Waals surface area contributed by atoms with Crippen molar-refractivity contribution in [3.8, 4) is 17.0 Å². The van der Waals surface area contributed by atoms with E-state index in [1.165, 1.54) is 13.5 Å². The summed E-state index contributed by atoms with van der Waals surface area (Å²) < 4.78 is 10.6. The molecule has 6 nitrogen and oxygen atoms in total. The van der Waals surface area contributed by atoms with E-state index in [2.05, 4.69) is 11.1 Å². The Hall–Kier alpha value is -3.67. The first-order valence-corrected chi connectivity index (χ1v) is 10.9. The molecule has 2 aromatic carbocycles. The molecule has 6 heteroatoms. The molecule has 0 radical (unpaired) electrons. The van der Waals surface area contributed by atoms with Crippen LogP contribution in [0.15, 0.2) is 53.3 Å². The van der Waals surface area contributed by atoms with Gasteiger partial charge in [0.1, 0.15) is 5.56 Å². The molecule has 0 bridgehead atoms. The molecule has 1 aliphatic rings. The molecular weight excluding hydrogens is 404 g/mol. The molecule has 5 rings (SSSR count). The normalized spacial score (nSPS) is 13.8. The highest BCUT2D eigenvalue weighted by Crippen LogP contribution is 2.43. The summed E-state index contributed by atoms with van der Waals surface area (Å²) in [5, 5.41) is 1.72. The van der Waals surface area contributed by atoms with Crippen LogP contribution in [0.5, 0.6) is 5.88 Å². The number of hydrogen-bond acceptors (Lipinski definition) is 5. The minimum Gasteiger partial charge on any atom is -0.480 e. The molecule has 4 aromatic rings. The van der Waals surface area contributed by atoms with Crippen LogP contribution in [-0.2, 0) is 4.74 Å². The summed E-state index contributed by atoms with van der Waals surface area (Å²) in [5.74, 6) is 0.102. The summed E-state index contributed by atoms with van der Waals surface area (Å²) in [7, 11) is 1.48. The van der Waals surface area contributed by atoms with Crippen LogP contribution in [0.4, 0.5) is 0 Å². The van der Waals surface area contributed by atoms with Crippen molar-refractivity contribution in [3.63, 3.8) is 0 Å². The van der Waals surface area contributed by atoms with Gasteiger partial charge in [-0.15, -0.1) is 0 Å². The highest BCUT2D eigenvalue weighted by molar-refractivity contribution is 6.02. The van der Waals surface area contributed by atoms with Crippen LogP contribution >= 0.6 is 0 Å². The lowest BCUT2D eigenvalue weighted by Crippen LogP contribution is -2.15. The number of pyridine rings is 2. The van der Waals surface area contributed by atoms with E-state index in [0.717, 1.165) is 40.3 Å². The third-order valence-corrected chi connectivity index (χ3v) is 6.24. The van der Waals surface area contributed by atoms with Crippen molar-refractivity contribution in [2.24, 2.45) is 0 Å². The van der Waals surface area contributed by atoms with Gasteiger partial charge in [-0.3, -0.25) is 4.79 Å². The number of methoxy groups -OCH3 is 1. The number of esters is 1. The van der Waals surface area contributed by atoms with Crippen molar-refractivity contribution < 1.29 is 14.3 Å². The molecule has 0 spiro atoms. The smallest absolute Gasteiger partial charge is 0.343 e. The van der Waals surface area contributed by atoms with Crippen LogP contribution in [0, 0.1) is 0 Å². The Bertz CT molecular complexity index is 1400. The summed E-state index contributed by atoms with van der Waals surface area (Å²) >= 11 is 0. The zero-order chi connectivity index (χ0) is 22.2. The number of nitrogens with one attached hydrogen (secondary N) is 1. The number of ether oxygens (including phenoxy) is 2. The molecule has 32 heavy (non-hydrogen) atoms. The monoisotopic (exact) mass is 428 g/mol. The molecule has 1 N–H and O–H groups in total. The van der Waals surface area contributed by atoms with Gasteiger partial charge < -0.3 is 14.5 Å². The van der Waals surface area contributed by atoms with Gasteiger partial charge in [-0.2, -0.15) is 0 Å². The molecule has 0 atom stereocenters. The highest BCUT2D eigenvalue weighted by Gasteiger charge is 2.27. The Morgan fingerprint density at radius 2 is 1.94 bits per heavy atom. The maximum atomic E-state index is 13.2. The Morgan fingerprint density at radius 3 is 2.66 bits per heavy atom. The molecule has 0 unspecified atom stereocenters. The largest absolute Gasteiger partial charge is 0.480 e. The minimum atomic E-state index is -0.480. The number of aromatic nitrogens is 2. The molecule has 1 aliphatic carbocycles. The number of nitrogens with zero attached hydrogens (tertiary/aromatic N) is 1. The first-order chi connectivity index (χ1) is 15.6. The summed E-state index contributed by atoms with van der Waals surface area (Å²) in [6.45, 7) is 2.02. The van der Waals surface area contributed by atoms with E-state index in [9.17, 15) is 9.59 Å². The Labute approximate surface area is 185 Å². The average Bonchev–Trinajstić information content (AvgIpc) is 2.77. The summed E-state index contributed by atoms with van der Waals surface area (Å²) in [4.78, 5) is 33.4. The van der Waals surface area contributed by atoms with E-state index in [1.807, 2.05) is 36.4 Å². The topological polar surface area (TPSA) is 81.3 Å². The van der Waals surface area contributed by atoms with Gasteiger partial charge in [0, 0.05) is 16.5 Å². The second kappa shape index (κ2) is 8.11. The minimum absolute atomic E-state index is 0.160. The van der Waals surface area contributed by atoms with Crippen molar-refractivity contribution >= 4 is 27.8 Å². The summed E-state index contributed by atoms with van der Waals surface area (Å²) in [5.41, 5.74) is 4.07. The molecule has 0 saturated heterocycles. The van der Waals surface area contributed by atoms with Gasteiger partial charge in [-0.1, -0.05) is 36.8 Å². The third kappa shape index (κ3) is 3.32. The Morgan fingerprint density at radius 1 is 1.12 bits per heavy atom. The third-order valence-electron chi connectivity index (χ3n) is 6.24. The van der Waals surface area contributed by atoms with Crippen LogP contribution in [0.2, 0.25) is 0 Å². The fourth-order valence-corrected chi connectivity index (χ4v) is 4.43. The number of para-hydroxylation sites is 1. The Kier molecular flexibility index (Phi) is 5.13. The maximum Gasteiger partial charge on any atom is 0.343 e. The number of carbonyl (C=O) groups is 1. The predicted molar refractivity (Wildman–Crippen MR) is 124 cm³/mol. The molecule has 162 valence electrons.